The lowest BCUT2D eigenvalue weighted by Crippen LogP contribution is -2.40. The van der Waals surface area contributed by atoms with Gasteiger partial charge in [0.2, 0.25) is 5.91 Å². The van der Waals surface area contributed by atoms with Crippen LogP contribution in [0, 0.1) is 5.41 Å². The number of nitrogens with one attached hydrogen (secondary N) is 3. The number of hydrogen-bond acceptors (Lipinski definition) is 7. The quantitative estimate of drug-likeness (QED) is 0.219. The number of anilines is 1. The molecule has 4 N–H and O–H groups in total. The SMILES string of the molecule is CC(C)(C)OC(=O)NC(=N)c1ccc(CNC(=O)[C@@H]2CCc3ncc(N(Cc4cccc(C(F)(F)F)c4)C(=O)O)c(=O)n32)cc1. The average molecular weight is 629 g/mol. The lowest BCUT2D eigenvalue weighted by Gasteiger charge is -2.21. The fourth-order valence-electron chi connectivity index (χ4n) is 4.69. The molecule has 0 bridgehead atoms. The highest BCUT2D eigenvalue weighted by atomic mass is 19.4. The van der Waals surface area contributed by atoms with E-state index in [1.54, 1.807) is 45.0 Å². The number of carboxylic acid groups (broad SMARTS) is 1. The van der Waals surface area contributed by atoms with Crippen molar-refractivity contribution in [2.45, 2.75) is 64.5 Å². The number of halogens is 3. The van der Waals surface area contributed by atoms with E-state index < -0.39 is 59.3 Å². The second kappa shape index (κ2) is 12.8. The zero-order valence-corrected chi connectivity index (χ0v) is 24.6. The summed E-state index contributed by atoms with van der Waals surface area (Å²) in [5, 5.41) is 23.0. The van der Waals surface area contributed by atoms with Gasteiger partial charge in [0.25, 0.3) is 5.56 Å². The first-order valence-corrected chi connectivity index (χ1v) is 13.8. The van der Waals surface area contributed by atoms with Crippen molar-refractivity contribution in [1.29, 1.82) is 5.41 Å². The third-order valence-electron chi connectivity index (χ3n) is 6.76. The van der Waals surface area contributed by atoms with Crippen molar-refractivity contribution in [2.75, 3.05) is 4.90 Å². The van der Waals surface area contributed by atoms with Crippen LogP contribution < -0.4 is 21.1 Å². The third-order valence-corrected chi connectivity index (χ3v) is 6.76. The lowest BCUT2D eigenvalue weighted by molar-refractivity contribution is -0.137. The predicted molar refractivity (Wildman–Crippen MR) is 156 cm³/mol. The van der Waals surface area contributed by atoms with Crippen molar-refractivity contribution in [3.63, 3.8) is 0 Å². The molecular weight excluding hydrogens is 597 g/mol. The molecule has 0 radical (unpaired) electrons. The van der Waals surface area contributed by atoms with E-state index in [0.29, 0.717) is 16.0 Å². The summed E-state index contributed by atoms with van der Waals surface area (Å²) >= 11 is 0. The maximum Gasteiger partial charge on any atom is 0.416 e. The molecule has 2 heterocycles. The van der Waals surface area contributed by atoms with E-state index in [2.05, 4.69) is 15.6 Å². The van der Waals surface area contributed by atoms with Gasteiger partial charge in [-0.1, -0.05) is 36.4 Å². The van der Waals surface area contributed by atoms with Crippen molar-refractivity contribution in [3.8, 4) is 0 Å². The summed E-state index contributed by atoms with van der Waals surface area (Å²) in [6.07, 6.45) is -5.43. The Labute approximate surface area is 255 Å². The Morgan fingerprint density at radius 1 is 1.11 bits per heavy atom. The molecule has 238 valence electrons. The molecule has 45 heavy (non-hydrogen) atoms. The van der Waals surface area contributed by atoms with Gasteiger partial charge in [-0.05, 0) is 50.5 Å². The Morgan fingerprint density at radius 3 is 2.42 bits per heavy atom. The van der Waals surface area contributed by atoms with Gasteiger partial charge in [0.05, 0.1) is 18.3 Å². The maximum atomic E-state index is 13.5. The molecule has 0 saturated carbocycles. The van der Waals surface area contributed by atoms with Crippen molar-refractivity contribution in [1.82, 2.24) is 20.2 Å². The van der Waals surface area contributed by atoms with E-state index in [9.17, 15) is 37.5 Å². The minimum absolute atomic E-state index is 0.00759. The molecule has 1 aromatic heterocycles. The van der Waals surface area contributed by atoms with E-state index in [0.717, 1.165) is 29.0 Å². The van der Waals surface area contributed by atoms with Crippen LogP contribution in [-0.4, -0.2) is 44.2 Å². The summed E-state index contributed by atoms with van der Waals surface area (Å²) in [7, 11) is 0. The summed E-state index contributed by atoms with van der Waals surface area (Å²) in [4.78, 5) is 55.4. The van der Waals surface area contributed by atoms with E-state index in [1.165, 1.54) is 6.07 Å². The zero-order valence-electron chi connectivity index (χ0n) is 24.6. The summed E-state index contributed by atoms with van der Waals surface area (Å²) in [5.74, 6) is -0.417. The van der Waals surface area contributed by atoms with Crippen LogP contribution >= 0.6 is 0 Å². The van der Waals surface area contributed by atoms with Gasteiger partial charge < -0.3 is 15.2 Å². The van der Waals surface area contributed by atoms with Crippen molar-refractivity contribution in [3.05, 3.63) is 93.2 Å². The van der Waals surface area contributed by atoms with Crippen LogP contribution in [0.5, 0.6) is 0 Å². The molecule has 12 nitrogen and oxygen atoms in total. The number of fused-ring (bicyclic) bond motifs is 1. The number of ether oxygens (including phenoxy) is 1. The van der Waals surface area contributed by atoms with Gasteiger partial charge in [0, 0.05) is 18.5 Å². The Kier molecular flexibility index (Phi) is 9.30. The monoisotopic (exact) mass is 628 g/mol. The Morgan fingerprint density at radius 2 is 1.80 bits per heavy atom. The Balaban J connectivity index is 1.45. The maximum absolute atomic E-state index is 13.5. The molecule has 3 amide bonds. The average Bonchev–Trinajstić information content (AvgIpc) is 3.39. The van der Waals surface area contributed by atoms with Crippen molar-refractivity contribution < 1.29 is 37.4 Å². The summed E-state index contributed by atoms with van der Waals surface area (Å²) in [5.41, 5.74) is -1.83. The molecule has 1 aliphatic rings. The van der Waals surface area contributed by atoms with E-state index in [4.69, 9.17) is 10.1 Å². The van der Waals surface area contributed by atoms with Gasteiger partial charge in [0.15, 0.2) is 0 Å². The van der Waals surface area contributed by atoms with Crippen molar-refractivity contribution >= 4 is 29.6 Å². The molecule has 3 aromatic rings. The van der Waals surface area contributed by atoms with Crippen LogP contribution in [0.4, 0.5) is 28.4 Å². The second-order valence-electron chi connectivity index (χ2n) is 11.3. The molecule has 0 saturated heterocycles. The molecule has 4 rings (SSSR count). The molecule has 0 unspecified atom stereocenters. The second-order valence-corrected chi connectivity index (χ2v) is 11.3. The topological polar surface area (TPSA) is 167 Å². The predicted octanol–water partition coefficient (Wildman–Crippen LogP) is 4.60. The normalized spacial score (nSPS) is 14.3. The lowest BCUT2D eigenvalue weighted by atomic mass is 10.1. The van der Waals surface area contributed by atoms with Crippen LogP contribution in [0.15, 0.2) is 59.5 Å². The summed E-state index contributed by atoms with van der Waals surface area (Å²) in [6.45, 7) is 4.61. The Bertz CT molecular complexity index is 1680. The van der Waals surface area contributed by atoms with Gasteiger partial charge in [-0.2, -0.15) is 13.2 Å². The van der Waals surface area contributed by atoms with Crippen molar-refractivity contribution in [2.24, 2.45) is 0 Å². The van der Waals surface area contributed by atoms with Gasteiger partial charge in [-0.3, -0.25) is 29.8 Å². The smallest absolute Gasteiger partial charge is 0.416 e. The number of amides is 3. The number of amidine groups is 1. The first-order chi connectivity index (χ1) is 21.0. The number of aryl methyl sites for hydroxylation is 1. The number of carbonyl (C=O) groups excluding carboxylic acids is 2. The van der Waals surface area contributed by atoms with Crippen LogP contribution in [-0.2, 0) is 35.2 Å². The molecule has 0 aliphatic carbocycles. The molecule has 1 aliphatic heterocycles. The highest BCUT2D eigenvalue weighted by Crippen LogP contribution is 2.30. The fourth-order valence-corrected chi connectivity index (χ4v) is 4.69. The molecule has 0 fully saturated rings. The number of alkyl carbamates (subject to hydrolysis) is 1. The van der Waals surface area contributed by atoms with Gasteiger partial charge in [-0.25, -0.2) is 14.6 Å². The van der Waals surface area contributed by atoms with Crippen LogP contribution in [0.3, 0.4) is 0 Å². The Hall–Kier alpha value is -5.21. The fraction of sp³-hybridized carbons (Fsp3) is 0.333. The number of carbonyl (C=O) groups is 3. The number of aromatic nitrogens is 2. The van der Waals surface area contributed by atoms with Crippen LogP contribution in [0.25, 0.3) is 0 Å². The van der Waals surface area contributed by atoms with E-state index >= 15 is 0 Å². The van der Waals surface area contributed by atoms with Crippen LogP contribution in [0.1, 0.15) is 61.3 Å². The largest absolute Gasteiger partial charge is 0.465 e. The standard InChI is InChI=1S/C30H31F3N6O6/c1-29(2,3)45-27(42)37-24(34)19-9-7-17(8-10-19)14-36-25(40)21-11-12-23-35-15-22(26(41)39(21)23)38(28(43)44)16-18-5-4-6-20(13-18)30(31,32)33/h4-10,13,15,21H,11-12,14,16H2,1-3H3,(H,36,40)(H,43,44)(H2,34,37,42)/t21-/m0/s1. The van der Waals surface area contributed by atoms with Gasteiger partial charge >= 0.3 is 18.4 Å². The molecular formula is C30H31F3N6O6. The zero-order chi connectivity index (χ0) is 33.1. The number of nitrogens with zero attached hydrogens (tertiary/aromatic N) is 3. The number of alkyl halides is 3. The minimum Gasteiger partial charge on any atom is -0.465 e. The minimum atomic E-state index is -4.64. The summed E-state index contributed by atoms with van der Waals surface area (Å²) < 4.78 is 45.8. The third kappa shape index (κ3) is 8.04. The van der Waals surface area contributed by atoms with Gasteiger partial charge in [-0.15, -0.1) is 0 Å². The van der Waals surface area contributed by atoms with Crippen LogP contribution in [0.2, 0.25) is 0 Å². The first-order valence-electron chi connectivity index (χ1n) is 13.8. The molecule has 15 heteroatoms. The van der Waals surface area contributed by atoms with E-state index in [-0.39, 0.29) is 36.6 Å². The molecule has 0 spiro atoms. The molecule has 2 aromatic carbocycles. The van der Waals surface area contributed by atoms with E-state index in [1.807, 2.05) is 0 Å². The number of hydrogen-bond donors (Lipinski definition) is 4. The highest BCUT2D eigenvalue weighted by molar-refractivity contribution is 6.04. The number of rotatable bonds is 7. The van der Waals surface area contributed by atoms with Gasteiger partial charge in [0.1, 0.15) is 29.0 Å². The first kappa shape index (κ1) is 32.7. The summed E-state index contributed by atoms with van der Waals surface area (Å²) in [6, 6.07) is 9.58. The number of benzene rings is 2. The highest BCUT2D eigenvalue weighted by Gasteiger charge is 2.34. The molecule has 1 atom stereocenters.